The minimum absolute atomic E-state index is 0.0886. The zero-order valence-electron chi connectivity index (χ0n) is 22.4. The maximum atomic E-state index is 14.4. The van der Waals surface area contributed by atoms with Crippen molar-refractivity contribution >= 4 is 17.8 Å². The van der Waals surface area contributed by atoms with E-state index >= 15 is 0 Å². The molecule has 2 aliphatic heterocycles. The average molecular weight is 520 g/mol. The first-order valence-electron chi connectivity index (χ1n) is 12.9. The summed E-state index contributed by atoms with van der Waals surface area (Å²) >= 11 is 0. The Morgan fingerprint density at radius 3 is 2.58 bits per heavy atom. The van der Waals surface area contributed by atoms with Crippen LogP contribution in [0.4, 0.5) is 15.0 Å². The fourth-order valence-corrected chi connectivity index (χ4v) is 5.58. The van der Waals surface area contributed by atoms with E-state index in [1.807, 2.05) is 60.1 Å². The first-order valence-corrected chi connectivity index (χ1v) is 12.9. The predicted octanol–water partition coefficient (Wildman–Crippen LogP) is 3.59. The number of benzene rings is 1. The minimum atomic E-state index is -0.483. The summed E-state index contributed by atoms with van der Waals surface area (Å²) in [6.07, 6.45) is 4.85. The first-order chi connectivity index (χ1) is 18.2. The summed E-state index contributed by atoms with van der Waals surface area (Å²) in [6, 6.07) is 8.68. The van der Waals surface area contributed by atoms with E-state index in [4.69, 9.17) is 4.98 Å². The van der Waals surface area contributed by atoms with Crippen molar-refractivity contribution in [1.82, 2.24) is 29.9 Å². The lowest BCUT2D eigenvalue weighted by Crippen LogP contribution is -2.56. The molecule has 0 unspecified atom stereocenters. The number of likely N-dealkylation sites (N-methyl/N-ethyl adjacent to an activating group) is 1. The lowest BCUT2D eigenvalue weighted by atomic mass is 9.86. The molecule has 0 atom stereocenters. The topological polar surface area (TPSA) is 88.7 Å². The Bertz CT molecular complexity index is 1330. The molecule has 4 heterocycles. The number of H-pyrrole nitrogens is 1. The van der Waals surface area contributed by atoms with Crippen LogP contribution in [-0.4, -0.2) is 87.6 Å². The monoisotopic (exact) mass is 519 g/mol. The molecule has 9 nitrogen and oxygen atoms in total. The van der Waals surface area contributed by atoms with Crippen LogP contribution in [0.3, 0.4) is 0 Å². The number of amides is 3. The Kier molecular flexibility index (Phi) is 6.92. The van der Waals surface area contributed by atoms with Crippen LogP contribution in [0.25, 0.3) is 11.1 Å². The summed E-state index contributed by atoms with van der Waals surface area (Å²) in [5.41, 5.74) is 3.53. The standard InChI is InChI=1S/C28H34FN7O2/c1-19-21(6-5-7-24(19)29)16-36-27(38)35(25-9-8-23(20(2)32-25)22-14-30-31-15-22)18-28(36)10-12-34(13-11-28)26(37)17-33(3)4/h5-9,14-15H,10-13,16-18H2,1-4H3,(H,30,31). The van der Waals surface area contributed by atoms with E-state index in [0.29, 0.717) is 56.9 Å². The Morgan fingerprint density at radius 2 is 1.92 bits per heavy atom. The van der Waals surface area contributed by atoms with Crippen LogP contribution in [0.1, 0.15) is 29.7 Å². The van der Waals surface area contributed by atoms with Crippen molar-refractivity contribution in [2.24, 2.45) is 0 Å². The zero-order chi connectivity index (χ0) is 27.0. The van der Waals surface area contributed by atoms with Crippen LogP contribution >= 0.6 is 0 Å². The number of carbonyl (C=O) groups excluding carboxylic acids is 2. The van der Waals surface area contributed by atoms with Gasteiger partial charge in [-0.15, -0.1) is 0 Å². The zero-order valence-corrected chi connectivity index (χ0v) is 22.4. The molecule has 1 aromatic carbocycles. The molecule has 3 aromatic rings. The highest BCUT2D eigenvalue weighted by molar-refractivity contribution is 5.95. The molecule has 38 heavy (non-hydrogen) atoms. The number of nitrogens with one attached hydrogen (secondary N) is 1. The van der Waals surface area contributed by atoms with Gasteiger partial charge in [-0.25, -0.2) is 14.2 Å². The molecular formula is C28H34FN7O2. The Morgan fingerprint density at radius 1 is 1.16 bits per heavy atom. The second-order valence-corrected chi connectivity index (χ2v) is 10.6. The van der Waals surface area contributed by atoms with Gasteiger partial charge in [0.2, 0.25) is 5.91 Å². The van der Waals surface area contributed by atoms with E-state index in [1.165, 1.54) is 6.07 Å². The van der Waals surface area contributed by atoms with Gasteiger partial charge in [0, 0.05) is 42.7 Å². The fourth-order valence-electron chi connectivity index (χ4n) is 5.58. The maximum absolute atomic E-state index is 14.4. The number of halogens is 1. The van der Waals surface area contributed by atoms with Crippen LogP contribution in [0.5, 0.6) is 0 Å². The lowest BCUT2D eigenvalue weighted by molar-refractivity contribution is -0.134. The third kappa shape index (κ3) is 4.76. The SMILES string of the molecule is Cc1nc(N2CC3(CCN(C(=O)CN(C)C)CC3)N(Cc3cccc(F)c3C)C2=O)ccc1-c1cn[nH]c1. The van der Waals surface area contributed by atoms with Crippen molar-refractivity contribution in [3.8, 4) is 11.1 Å². The third-order valence-electron chi connectivity index (χ3n) is 7.85. The Balaban J connectivity index is 1.45. The highest BCUT2D eigenvalue weighted by atomic mass is 19.1. The second kappa shape index (κ2) is 10.2. The van der Waals surface area contributed by atoms with E-state index in [9.17, 15) is 14.0 Å². The van der Waals surface area contributed by atoms with Gasteiger partial charge in [-0.3, -0.25) is 14.8 Å². The number of rotatable bonds is 6. The number of aromatic amines is 1. The predicted molar refractivity (Wildman–Crippen MR) is 143 cm³/mol. The van der Waals surface area contributed by atoms with E-state index in [2.05, 4.69) is 10.2 Å². The number of hydrogen-bond donors (Lipinski definition) is 1. The maximum Gasteiger partial charge on any atom is 0.326 e. The number of pyridine rings is 1. The summed E-state index contributed by atoms with van der Waals surface area (Å²) in [5, 5.41) is 6.85. The first kappa shape index (κ1) is 25.8. The molecule has 2 saturated heterocycles. The number of hydrogen-bond acceptors (Lipinski definition) is 5. The Labute approximate surface area is 222 Å². The van der Waals surface area contributed by atoms with Crippen LogP contribution in [0.15, 0.2) is 42.7 Å². The van der Waals surface area contributed by atoms with Crippen LogP contribution in [-0.2, 0) is 11.3 Å². The number of likely N-dealkylation sites (tertiary alicyclic amines) is 1. The molecule has 0 aliphatic carbocycles. The van der Waals surface area contributed by atoms with Gasteiger partial charge in [-0.1, -0.05) is 12.1 Å². The van der Waals surface area contributed by atoms with Crippen LogP contribution in [0, 0.1) is 19.7 Å². The van der Waals surface area contributed by atoms with Crippen molar-refractivity contribution in [1.29, 1.82) is 0 Å². The summed E-state index contributed by atoms with van der Waals surface area (Å²) in [5.74, 6) is 0.394. The molecule has 5 rings (SSSR count). The van der Waals surface area contributed by atoms with E-state index in [1.54, 1.807) is 24.1 Å². The van der Waals surface area contributed by atoms with Crippen molar-refractivity contribution in [2.45, 2.75) is 38.8 Å². The highest BCUT2D eigenvalue weighted by Gasteiger charge is 2.52. The van der Waals surface area contributed by atoms with Gasteiger partial charge in [0.1, 0.15) is 11.6 Å². The summed E-state index contributed by atoms with van der Waals surface area (Å²) in [6.45, 7) is 5.93. The van der Waals surface area contributed by atoms with Crippen LogP contribution in [0.2, 0.25) is 0 Å². The molecular weight excluding hydrogens is 485 g/mol. The number of aromatic nitrogens is 3. The van der Waals surface area contributed by atoms with Gasteiger partial charge in [0.15, 0.2) is 0 Å². The molecule has 0 bridgehead atoms. The fraction of sp³-hybridized carbons (Fsp3) is 0.429. The lowest BCUT2D eigenvalue weighted by Gasteiger charge is -2.44. The number of nitrogens with zero attached hydrogens (tertiary/aromatic N) is 6. The molecule has 10 heteroatoms. The van der Waals surface area contributed by atoms with Crippen molar-refractivity contribution in [3.05, 3.63) is 65.4 Å². The van der Waals surface area contributed by atoms with Crippen molar-refractivity contribution < 1.29 is 14.0 Å². The largest absolute Gasteiger partial charge is 0.341 e. The number of piperidine rings is 1. The smallest absolute Gasteiger partial charge is 0.326 e. The molecule has 2 aliphatic rings. The summed E-state index contributed by atoms with van der Waals surface area (Å²) in [4.78, 5) is 38.9. The van der Waals surface area contributed by atoms with Gasteiger partial charge in [0.25, 0.3) is 0 Å². The normalized spacial score (nSPS) is 17.2. The van der Waals surface area contributed by atoms with E-state index in [0.717, 1.165) is 22.4 Å². The highest BCUT2D eigenvalue weighted by Crippen LogP contribution is 2.40. The van der Waals surface area contributed by atoms with E-state index in [-0.39, 0.29) is 17.8 Å². The molecule has 0 saturated carbocycles. The number of anilines is 1. The average Bonchev–Trinajstić information content (AvgIpc) is 3.50. The van der Waals surface area contributed by atoms with Crippen molar-refractivity contribution in [2.75, 3.05) is 45.2 Å². The summed E-state index contributed by atoms with van der Waals surface area (Å²) < 4.78 is 14.4. The molecule has 0 radical (unpaired) electrons. The number of aryl methyl sites for hydroxylation is 1. The molecule has 1 spiro atoms. The van der Waals surface area contributed by atoms with Gasteiger partial charge in [-0.2, -0.15) is 5.10 Å². The van der Waals surface area contributed by atoms with Gasteiger partial charge in [-0.05, 0) is 70.1 Å². The van der Waals surface area contributed by atoms with Gasteiger partial charge in [0.05, 0.1) is 24.8 Å². The Hall–Kier alpha value is -3.79. The molecule has 2 fully saturated rings. The second-order valence-electron chi connectivity index (χ2n) is 10.6. The van der Waals surface area contributed by atoms with Crippen LogP contribution < -0.4 is 4.90 Å². The minimum Gasteiger partial charge on any atom is -0.341 e. The van der Waals surface area contributed by atoms with E-state index < -0.39 is 5.54 Å². The molecule has 2 aromatic heterocycles. The molecule has 200 valence electrons. The quantitative estimate of drug-likeness (QED) is 0.538. The number of carbonyl (C=O) groups is 2. The number of urea groups is 1. The van der Waals surface area contributed by atoms with Gasteiger partial charge >= 0.3 is 6.03 Å². The van der Waals surface area contributed by atoms with Gasteiger partial charge < -0.3 is 14.7 Å². The molecule has 3 amide bonds. The van der Waals surface area contributed by atoms with Crippen molar-refractivity contribution in [3.63, 3.8) is 0 Å². The molecule has 1 N–H and O–H groups in total. The summed E-state index contributed by atoms with van der Waals surface area (Å²) in [7, 11) is 3.76. The third-order valence-corrected chi connectivity index (χ3v) is 7.85.